The molecule has 5 heterocycles. The van der Waals surface area contributed by atoms with Gasteiger partial charge in [0, 0.05) is 56.3 Å². The maximum absolute atomic E-state index is 13.0. The number of pyridine rings is 2. The van der Waals surface area contributed by atoms with Crippen LogP contribution in [0.15, 0.2) is 30.6 Å². The lowest BCUT2D eigenvalue weighted by Crippen LogP contribution is -2.52. The van der Waals surface area contributed by atoms with Gasteiger partial charge in [-0.1, -0.05) is 0 Å². The lowest BCUT2D eigenvalue weighted by Gasteiger charge is -2.35. The quantitative estimate of drug-likeness (QED) is 0.542. The maximum Gasteiger partial charge on any atom is 0.228 e. The van der Waals surface area contributed by atoms with E-state index >= 15 is 0 Å². The van der Waals surface area contributed by atoms with Gasteiger partial charge in [0.15, 0.2) is 0 Å². The van der Waals surface area contributed by atoms with Crippen molar-refractivity contribution < 1.29 is 14.3 Å². The van der Waals surface area contributed by atoms with Crippen LogP contribution in [0.5, 0.6) is 11.6 Å². The highest BCUT2D eigenvalue weighted by atomic mass is 16.5. The Kier molecular flexibility index (Phi) is 5.61. The van der Waals surface area contributed by atoms with Crippen LogP contribution >= 0.6 is 0 Å². The van der Waals surface area contributed by atoms with E-state index in [0.717, 1.165) is 48.2 Å². The molecule has 3 fully saturated rings. The summed E-state index contributed by atoms with van der Waals surface area (Å²) in [6.45, 7) is 3.21. The van der Waals surface area contributed by atoms with E-state index in [4.69, 9.17) is 9.47 Å². The molecule has 3 aromatic rings. The molecule has 4 atom stereocenters. The zero-order valence-electron chi connectivity index (χ0n) is 20.5. The smallest absolute Gasteiger partial charge is 0.228 e. The van der Waals surface area contributed by atoms with Crippen LogP contribution in [0.25, 0.3) is 22.2 Å². The number of piperazine rings is 1. The average Bonchev–Trinajstić information content (AvgIpc) is 3.53. The van der Waals surface area contributed by atoms with Gasteiger partial charge in [-0.25, -0.2) is 9.97 Å². The van der Waals surface area contributed by atoms with Gasteiger partial charge < -0.3 is 24.7 Å². The molecule has 2 bridgehead atoms. The average molecular weight is 477 g/mol. The molecule has 184 valence electrons. The van der Waals surface area contributed by atoms with Crippen molar-refractivity contribution in [2.24, 2.45) is 18.9 Å². The molecule has 1 saturated carbocycles. The lowest BCUT2D eigenvalue weighted by atomic mass is 10.1. The Morgan fingerprint density at radius 3 is 2.71 bits per heavy atom. The highest BCUT2D eigenvalue weighted by Crippen LogP contribution is 2.43. The topological polar surface area (TPSA) is 93.5 Å². The van der Waals surface area contributed by atoms with Crippen molar-refractivity contribution in [2.75, 3.05) is 39.2 Å². The number of carbonyl (C=O) groups is 1. The largest absolute Gasteiger partial charge is 0.496 e. The summed E-state index contributed by atoms with van der Waals surface area (Å²) in [4.78, 5) is 24.5. The number of fused-ring (bicyclic) bond motifs is 3. The van der Waals surface area contributed by atoms with Crippen LogP contribution in [0.4, 0.5) is 5.82 Å². The van der Waals surface area contributed by atoms with Crippen LogP contribution < -0.4 is 20.1 Å². The molecular formula is C26H32N6O3. The molecule has 6 rings (SSSR count). The zero-order chi connectivity index (χ0) is 24.1. The molecular weight excluding hydrogens is 444 g/mol. The predicted octanol–water partition coefficient (Wildman–Crippen LogP) is 2.66. The van der Waals surface area contributed by atoms with Gasteiger partial charge in [-0.15, -0.1) is 0 Å². The number of methoxy groups -OCH3 is 2. The number of rotatable bonds is 7. The number of ether oxygens (including phenoxy) is 2. The number of nitrogens with zero attached hydrogens (tertiary/aromatic N) is 4. The first kappa shape index (κ1) is 22.3. The molecule has 9 nitrogen and oxygen atoms in total. The number of aromatic nitrogens is 3. The molecule has 1 aliphatic carbocycles. The summed E-state index contributed by atoms with van der Waals surface area (Å²) in [7, 11) is 5.21. The van der Waals surface area contributed by atoms with Crippen molar-refractivity contribution in [3.05, 3.63) is 30.6 Å². The fourth-order valence-electron chi connectivity index (χ4n) is 5.96. The van der Waals surface area contributed by atoms with Crippen LogP contribution in [0.2, 0.25) is 0 Å². The Balaban J connectivity index is 1.18. The number of amides is 1. The van der Waals surface area contributed by atoms with Crippen LogP contribution in [0.1, 0.15) is 19.3 Å². The predicted molar refractivity (Wildman–Crippen MR) is 134 cm³/mol. The Bertz CT molecular complexity index is 1240. The lowest BCUT2D eigenvalue weighted by molar-refractivity contribution is -0.117. The summed E-state index contributed by atoms with van der Waals surface area (Å²) in [5, 5.41) is 7.57. The van der Waals surface area contributed by atoms with E-state index < -0.39 is 0 Å². The summed E-state index contributed by atoms with van der Waals surface area (Å²) < 4.78 is 13.1. The Morgan fingerprint density at radius 2 is 1.97 bits per heavy atom. The van der Waals surface area contributed by atoms with Crippen molar-refractivity contribution in [1.82, 2.24) is 24.8 Å². The minimum absolute atomic E-state index is 0.0797. The second-order valence-electron chi connectivity index (χ2n) is 9.95. The number of hydrogen-bond donors (Lipinski definition) is 2. The summed E-state index contributed by atoms with van der Waals surface area (Å²) in [6.07, 6.45) is 6.99. The van der Waals surface area contributed by atoms with E-state index in [1.54, 1.807) is 26.6 Å². The summed E-state index contributed by atoms with van der Waals surface area (Å²) in [5.41, 5.74) is 2.63. The minimum Gasteiger partial charge on any atom is -0.496 e. The third-order valence-corrected chi connectivity index (χ3v) is 7.96. The van der Waals surface area contributed by atoms with Gasteiger partial charge >= 0.3 is 0 Å². The Labute approximate surface area is 204 Å². The second kappa shape index (κ2) is 8.80. The normalized spacial score (nSPS) is 25.6. The Morgan fingerprint density at radius 1 is 1.17 bits per heavy atom. The van der Waals surface area contributed by atoms with Gasteiger partial charge in [-0.05, 0) is 43.4 Å². The zero-order valence-corrected chi connectivity index (χ0v) is 20.5. The number of aryl methyl sites for hydroxylation is 1. The van der Waals surface area contributed by atoms with E-state index in [-0.39, 0.29) is 11.8 Å². The first-order chi connectivity index (χ1) is 17.1. The third kappa shape index (κ3) is 3.92. The molecule has 0 radical (unpaired) electrons. The van der Waals surface area contributed by atoms with Crippen LogP contribution in [-0.2, 0) is 11.8 Å². The van der Waals surface area contributed by atoms with Crippen molar-refractivity contribution in [2.45, 2.75) is 31.3 Å². The highest BCUT2D eigenvalue weighted by molar-refractivity contribution is 5.96. The molecule has 2 aliphatic heterocycles. The van der Waals surface area contributed by atoms with Crippen molar-refractivity contribution >= 4 is 22.6 Å². The summed E-state index contributed by atoms with van der Waals surface area (Å²) in [5.74, 6) is 2.37. The van der Waals surface area contributed by atoms with Gasteiger partial charge in [-0.2, -0.15) is 0 Å². The maximum atomic E-state index is 13.0. The molecule has 2 N–H and O–H groups in total. The molecule has 35 heavy (non-hydrogen) atoms. The number of carbonyl (C=O) groups excluding carboxylic acids is 1. The van der Waals surface area contributed by atoms with Crippen LogP contribution in [0.3, 0.4) is 0 Å². The third-order valence-electron chi connectivity index (χ3n) is 7.96. The van der Waals surface area contributed by atoms with Crippen LogP contribution in [-0.4, -0.2) is 71.3 Å². The summed E-state index contributed by atoms with van der Waals surface area (Å²) >= 11 is 0. The molecule has 3 aliphatic rings. The van der Waals surface area contributed by atoms with E-state index in [1.165, 1.54) is 12.8 Å². The molecule has 9 heteroatoms. The minimum atomic E-state index is 0.0797. The number of hydrogen-bond acceptors (Lipinski definition) is 7. The van der Waals surface area contributed by atoms with E-state index in [0.29, 0.717) is 35.4 Å². The van der Waals surface area contributed by atoms with Gasteiger partial charge in [-0.3, -0.25) is 9.69 Å². The van der Waals surface area contributed by atoms with E-state index in [1.807, 2.05) is 23.7 Å². The molecule has 3 aromatic heterocycles. The fourth-order valence-corrected chi connectivity index (χ4v) is 5.96. The van der Waals surface area contributed by atoms with E-state index in [9.17, 15) is 4.79 Å². The SMILES string of the molecule is COc1ccnc(OC)c1-c1cc2cc(NC(=O)[C@H]3C[C@@H]3CN3C4CCC3CNC4)ncc2n1C. The van der Waals surface area contributed by atoms with E-state index in [2.05, 4.69) is 31.6 Å². The number of nitrogens with one attached hydrogen (secondary N) is 2. The molecule has 2 unspecified atom stereocenters. The first-order valence-electron chi connectivity index (χ1n) is 12.4. The Hall–Kier alpha value is -3.17. The highest BCUT2D eigenvalue weighted by Gasteiger charge is 2.47. The molecule has 1 amide bonds. The molecule has 0 spiro atoms. The van der Waals surface area contributed by atoms with Crippen LogP contribution in [0, 0.1) is 11.8 Å². The van der Waals surface area contributed by atoms with Gasteiger partial charge in [0.05, 0.1) is 31.6 Å². The monoisotopic (exact) mass is 476 g/mol. The fraction of sp³-hybridized carbons (Fsp3) is 0.500. The van der Waals surface area contributed by atoms with Gasteiger partial charge in [0.2, 0.25) is 11.8 Å². The standard InChI is InChI=1S/C26H32N6O3/c1-31-20(24-22(34-2)6-7-28-26(24)35-3)9-15-10-23(29-13-21(15)31)30-25(33)19-8-16(19)14-32-17-4-5-18(32)12-27-11-17/h6-7,9-10,13,16-19,27H,4-5,8,11-12,14H2,1-3H3,(H,29,30,33)/t16-,17?,18?,19+/m1/s1. The summed E-state index contributed by atoms with van der Waals surface area (Å²) in [6, 6.07) is 7.09. The molecule has 0 aromatic carbocycles. The van der Waals surface area contributed by atoms with Crippen molar-refractivity contribution in [3.8, 4) is 22.9 Å². The molecule has 2 saturated heterocycles. The first-order valence-corrected chi connectivity index (χ1v) is 12.4. The van der Waals surface area contributed by atoms with Gasteiger partial charge in [0.25, 0.3) is 0 Å². The van der Waals surface area contributed by atoms with Crippen molar-refractivity contribution in [1.29, 1.82) is 0 Å². The second-order valence-corrected chi connectivity index (χ2v) is 9.95. The number of anilines is 1. The van der Waals surface area contributed by atoms with Crippen molar-refractivity contribution in [3.63, 3.8) is 0 Å². The van der Waals surface area contributed by atoms with Gasteiger partial charge in [0.1, 0.15) is 17.1 Å².